The Hall–Kier alpha value is -4.02. The molecule has 0 radical (unpaired) electrons. The molecule has 1 atom stereocenters. The van der Waals surface area contributed by atoms with E-state index in [4.69, 9.17) is 4.74 Å². The Labute approximate surface area is 170 Å². The average Bonchev–Trinajstić information content (AvgIpc) is 3.16. The molecule has 11 nitrogen and oxygen atoms in total. The number of carbonyl (C=O) groups is 2. The maximum Gasteiger partial charge on any atom is 0.408 e. The van der Waals surface area contributed by atoms with Crippen LogP contribution in [-0.4, -0.2) is 34.4 Å². The normalized spacial score (nSPS) is 13.3. The number of amides is 2. The second-order valence-electron chi connectivity index (χ2n) is 6.61. The number of fused-ring (bicyclic) bond motifs is 1. The van der Waals surface area contributed by atoms with E-state index in [0.29, 0.717) is 0 Å². The first-order valence-electron chi connectivity index (χ1n) is 9.03. The number of benzene rings is 2. The van der Waals surface area contributed by atoms with Gasteiger partial charge in [0.1, 0.15) is 18.3 Å². The summed E-state index contributed by atoms with van der Waals surface area (Å²) in [6.07, 6.45) is -0.725. The molecule has 156 valence electrons. The highest BCUT2D eigenvalue weighted by atomic mass is 16.6. The van der Waals surface area contributed by atoms with E-state index in [1.54, 1.807) is 24.3 Å². The largest absolute Gasteiger partial charge is 0.445 e. The van der Waals surface area contributed by atoms with Crippen LogP contribution in [0.25, 0.3) is 0 Å². The fourth-order valence-corrected chi connectivity index (χ4v) is 3.27. The summed E-state index contributed by atoms with van der Waals surface area (Å²) < 4.78 is 5.08. The number of rotatable bonds is 6. The van der Waals surface area contributed by atoms with Crippen LogP contribution in [-0.2, 0) is 22.6 Å². The van der Waals surface area contributed by atoms with Gasteiger partial charge >= 0.3 is 6.09 Å². The number of ether oxygens (including phenoxy) is 1. The molecule has 0 unspecified atom stereocenters. The number of nitro groups is 2. The summed E-state index contributed by atoms with van der Waals surface area (Å²) in [7, 11) is 0. The first-order valence-corrected chi connectivity index (χ1v) is 9.03. The lowest BCUT2D eigenvalue weighted by Gasteiger charge is -2.22. The highest BCUT2D eigenvalue weighted by Gasteiger charge is 2.38. The zero-order valence-electron chi connectivity index (χ0n) is 15.9. The molecular weight excluding hydrogens is 396 g/mol. The standard InChI is InChI=1S/C19H18N4O7/c1-12(20-19(25)30-11-13-5-3-2-4-6-13)18(24)21-10-9-14-15(22(26)27)7-8-16(17(14)21)23(28)29/h2-8,12H,9-11H2,1H3,(H,20,25)/t12-/m0/s1. The third-order valence-corrected chi connectivity index (χ3v) is 4.67. The van der Waals surface area contributed by atoms with E-state index in [-0.39, 0.29) is 36.5 Å². The molecule has 2 aromatic rings. The summed E-state index contributed by atoms with van der Waals surface area (Å²) in [4.78, 5) is 47.2. The van der Waals surface area contributed by atoms with Gasteiger partial charge in [-0.15, -0.1) is 0 Å². The number of nitrogens with one attached hydrogen (secondary N) is 1. The average molecular weight is 414 g/mol. The molecule has 1 N–H and O–H groups in total. The van der Waals surface area contributed by atoms with Gasteiger partial charge in [-0.3, -0.25) is 25.0 Å². The Bertz CT molecular complexity index is 1010. The van der Waals surface area contributed by atoms with E-state index < -0.39 is 33.6 Å². The molecule has 0 fully saturated rings. The van der Waals surface area contributed by atoms with Crippen molar-refractivity contribution in [3.8, 4) is 0 Å². The summed E-state index contributed by atoms with van der Waals surface area (Å²) in [6.45, 7) is 1.45. The van der Waals surface area contributed by atoms with Crippen LogP contribution in [0.1, 0.15) is 18.1 Å². The van der Waals surface area contributed by atoms with Gasteiger partial charge in [0.15, 0.2) is 0 Å². The summed E-state index contributed by atoms with van der Waals surface area (Å²) in [5, 5.41) is 25.0. The summed E-state index contributed by atoms with van der Waals surface area (Å²) in [5.41, 5.74) is 0.101. The first kappa shape index (κ1) is 20.7. The molecule has 11 heteroatoms. The van der Waals surface area contributed by atoms with E-state index in [1.807, 2.05) is 6.07 Å². The molecule has 3 rings (SSSR count). The lowest BCUT2D eigenvalue weighted by molar-refractivity contribution is -0.388. The number of hydrogen-bond donors (Lipinski definition) is 1. The Morgan fingerprint density at radius 2 is 1.73 bits per heavy atom. The Morgan fingerprint density at radius 1 is 1.10 bits per heavy atom. The summed E-state index contributed by atoms with van der Waals surface area (Å²) in [5.74, 6) is -0.631. The van der Waals surface area contributed by atoms with E-state index in [2.05, 4.69) is 5.32 Å². The van der Waals surface area contributed by atoms with Crippen molar-refractivity contribution in [3.63, 3.8) is 0 Å². The first-order chi connectivity index (χ1) is 14.3. The van der Waals surface area contributed by atoms with Gasteiger partial charge < -0.3 is 15.0 Å². The summed E-state index contributed by atoms with van der Waals surface area (Å²) in [6, 6.07) is 9.96. The monoisotopic (exact) mass is 414 g/mol. The van der Waals surface area contributed by atoms with E-state index in [9.17, 15) is 29.8 Å². The van der Waals surface area contributed by atoms with Crippen LogP contribution in [0.2, 0.25) is 0 Å². The number of nitro benzene ring substituents is 2. The SMILES string of the molecule is C[C@H](NC(=O)OCc1ccccc1)C(=O)N1CCc2c([N+](=O)[O-])ccc([N+](=O)[O-])c21. The van der Waals surface area contributed by atoms with Gasteiger partial charge in [-0.25, -0.2) is 4.79 Å². The molecule has 0 aromatic heterocycles. The minimum absolute atomic E-state index is 0.0117. The predicted molar refractivity (Wildman–Crippen MR) is 105 cm³/mol. The molecule has 0 bridgehead atoms. The van der Waals surface area contributed by atoms with Gasteiger partial charge in [0.2, 0.25) is 5.91 Å². The van der Waals surface area contributed by atoms with E-state index in [0.717, 1.165) is 22.6 Å². The van der Waals surface area contributed by atoms with Crippen LogP contribution < -0.4 is 10.2 Å². The van der Waals surface area contributed by atoms with Crippen LogP contribution >= 0.6 is 0 Å². The van der Waals surface area contributed by atoms with Crippen LogP contribution in [0.5, 0.6) is 0 Å². The maximum atomic E-state index is 12.8. The molecule has 30 heavy (non-hydrogen) atoms. The molecule has 1 aliphatic heterocycles. The molecule has 0 saturated heterocycles. The third-order valence-electron chi connectivity index (χ3n) is 4.67. The van der Waals surface area contributed by atoms with Crippen molar-refractivity contribution < 1.29 is 24.2 Å². The molecule has 0 saturated carbocycles. The lowest BCUT2D eigenvalue weighted by Crippen LogP contribution is -2.46. The second kappa shape index (κ2) is 8.55. The molecule has 1 aliphatic rings. The smallest absolute Gasteiger partial charge is 0.408 e. The maximum absolute atomic E-state index is 12.8. The fourth-order valence-electron chi connectivity index (χ4n) is 3.27. The van der Waals surface area contributed by atoms with Crippen molar-refractivity contribution in [2.75, 3.05) is 11.4 Å². The summed E-state index contributed by atoms with van der Waals surface area (Å²) >= 11 is 0. The van der Waals surface area contributed by atoms with Crippen molar-refractivity contribution in [3.05, 3.63) is 73.8 Å². The number of alkyl carbamates (subject to hydrolysis) is 1. The Kier molecular flexibility index (Phi) is 5.90. The van der Waals surface area contributed by atoms with Crippen molar-refractivity contribution in [2.24, 2.45) is 0 Å². The Balaban J connectivity index is 1.74. The number of carbonyl (C=O) groups excluding carboxylic acids is 2. The molecule has 1 heterocycles. The Morgan fingerprint density at radius 3 is 2.37 bits per heavy atom. The molecule has 0 spiro atoms. The van der Waals surface area contributed by atoms with Gasteiger partial charge in [-0.1, -0.05) is 30.3 Å². The molecule has 2 aromatic carbocycles. The highest BCUT2D eigenvalue weighted by molar-refractivity contribution is 6.02. The highest BCUT2D eigenvalue weighted by Crippen LogP contribution is 2.42. The third kappa shape index (κ3) is 4.19. The van der Waals surface area contributed by atoms with Crippen molar-refractivity contribution in [1.29, 1.82) is 0 Å². The van der Waals surface area contributed by atoms with Crippen molar-refractivity contribution in [2.45, 2.75) is 26.0 Å². The van der Waals surface area contributed by atoms with E-state index in [1.165, 1.54) is 6.92 Å². The van der Waals surface area contributed by atoms with Gasteiger partial charge in [-0.2, -0.15) is 0 Å². The van der Waals surface area contributed by atoms with Gasteiger partial charge in [0, 0.05) is 18.7 Å². The van der Waals surface area contributed by atoms with Gasteiger partial charge in [-0.05, 0) is 18.9 Å². The van der Waals surface area contributed by atoms with Crippen molar-refractivity contribution >= 4 is 29.1 Å². The number of anilines is 1. The van der Waals surface area contributed by atoms with Gasteiger partial charge in [0.25, 0.3) is 11.4 Å². The number of nitrogens with zero attached hydrogens (tertiary/aromatic N) is 3. The molecule has 2 amide bonds. The van der Waals surface area contributed by atoms with E-state index >= 15 is 0 Å². The predicted octanol–water partition coefficient (Wildman–Crippen LogP) is 2.71. The molecule has 0 aliphatic carbocycles. The minimum atomic E-state index is -1.06. The minimum Gasteiger partial charge on any atom is -0.445 e. The van der Waals surface area contributed by atoms with Gasteiger partial charge in [0.05, 0.1) is 15.4 Å². The topological polar surface area (TPSA) is 145 Å². The van der Waals surface area contributed by atoms with Crippen molar-refractivity contribution in [1.82, 2.24) is 5.32 Å². The van der Waals surface area contributed by atoms with Crippen LogP contribution in [0.15, 0.2) is 42.5 Å². The van der Waals surface area contributed by atoms with Crippen LogP contribution in [0, 0.1) is 20.2 Å². The second-order valence-corrected chi connectivity index (χ2v) is 6.61. The quantitative estimate of drug-likeness (QED) is 0.565. The zero-order valence-corrected chi connectivity index (χ0v) is 15.9. The fraction of sp³-hybridized carbons (Fsp3) is 0.263. The number of hydrogen-bond acceptors (Lipinski definition) is 7. The van der Waals surface area contributed by atoms with Crippen LogP contribution in [0.4, 0.5) is 21.9 Å². The van der Waals surface area contributed by atoms with Crippen LogP contribution in [0.3, 0.4) is 0 Å². The molecular formula is C19H18N4O7. The zero-order chi connectivity index (χ0) is 21.8. The lowest BCUT2D eigenvalue weighted by atomic mass is 10.1.